The first-order valence-electron chi connectivity index (χ1n) is 6.93. The van der Waals surface area contributed by atoms with Crippen molar-refractivity contribution in [1.82, 2.24) is 5.32 Å². The van der Waals surface area contributed by atoms with Gasteiger partial charge in [0, 0.05) is 12.0 Å². The fourth-order valence-corrected chi connectivity index (χ4v) is 2.84. The summed E-state index contributed by atoms with van der Waals surface area (Å²) in [6.07, 6.45) is 3.56. The molecule has 1 amide bonds. The maximum atomic E-state index is 14.4. The molecule has 1 saturated carbocycles. The molecule has 0 unspecified atom stereocenters. The standard InChI is InChI=1S/C15H19FN2O.ClH/c1-15(6-2-7-15)14(19)18-12-4-3-10-9-17-8-5-11(10)13(12)16;/h3-4,17H,2,5-9H2,1H3,(H,18,19);1H. The first kappa shape index (κ1) is 15.3. The topological polar surface area (TPSA) is 41.1 Å². The smallest absolute Gasteiger partial charge is 0.230 e. The van der Waals surface area contributed by atoms with Crippen molar-refractivity contribution in [1.29, 1.82) is 0 Å². The van der Waals surface area contributed by atoms with Gasteiger partial charge in [0.1, 0.15) is 5.82 Å². The van der Waals surface area contributed by atoms with Gasteiger partial charge in [-0.15, -0.1) is 12.4 Å². The van der Waals surface area contributed by atoms with Crippen LogP contribution in [0.25, 0.3) is 0 Å². The van der Waals surface area contributed by atoms with Crippen LogP contribution in [0.5, 0.6) is 0 Å². The van der Waals surface area contributed by atoms with Gasteiger partial charge in [0.15, 0.2) is 0 Å². The second kappa shape index (κ2) is 5.70. The molecule has 2 N–H and O–H groups in total. The summed E-state index contributed by atoms with van der Waals surface area (Å²) < 4.78 is 14.4. The Morgan fingerprint density at radius 2 is 2.15 bits per heavy atom. The Balaban J connectivity index is 0.00000147. The molecule has 1 aliphatic carbocycles. The van der Waals surface area contributed by atoms with Crippen LogP contribution in [0, 0.1) is 11.2 Å². The van der Waals surface area contributed by atoms with E-state index in [1.807, 2.05) is 13.0 Å². The minimum Gasteiger partial charge on any atom is -0.323 e. The van der Waals surface area contributed by atoms with E-state index in [2.05, 4.69) is 10.6 Å². The van der Waals surface area contributed by atoms with Gasteiger partial charge in [-0.05, 0) is 43.0 Å². The molecule has 110 valence electrons. The number of nitrogens with one attached hydrogen (secondary N) is 2. The Kier molecular flexibility index (Phi) is 4.35. The van der Waals surface area contributed by atoms with Gasteiger partial charge in [0.25, 0.3) is 0 Å². The molecule has 20 heavy (non-hydrogen) atoms. The molecule has 5 heteroatoms. The van der Waals surface area contributed by atoms with Crippen LogP contribution in [0.15, 0.2) is 12.1 Å². The van der Waals surface area contributed by atoms with Gasteiger partial charge in [-0.25, -0.2) is 4.39 Å². The highest BCUT2D eigenvalue weighted by molar-refractivity contribution is 5.95. The maximum absolute atomic E-state index is 14.4. The molecule has 1 aromatic carbocycles. The molecule has 3 rings (SSSR count). The van der Waals surface area contributed by atoms with E-state index < -0.39 is 0 Å². The van der Waals surface area contributed by atoms with Crippen LogP contribution in [-0.4, -0.2) is 12.5 Å². The third kappa shape index (κ3) is 2.54. The van der Waals surface area contributed by atoms with E-state index >= 15 is 0 Å². The average Bonchev–Trinajstić information content (AvgIpc) is 2.39. The van der Waals surface area contributed by atoms with Crippen molar-refractivity contribution in [2.24, 2.45) is 5.41 Å². The van der Waals surface area contributed by atoms with Crippen LogP contribution < -0.4 is 10.6 Å². The molecule has 2 aliphatic rings. The Morgan fingerprint density at radius 1 is 1.40 bits per heavy atom. The lowest BCUT2D eigenvalue weighted by Crippen LogP contribution is -2.39. The summed E-state index contributed by atoms with van der Waals surface area (Å²) >= 11 is 0. The van der Waals surface area contributed by atoms with Gasteiger partial charge in [0.05, 0.1) is 5.69 Å². The third-order valence-electron chi connectivity index (χ3n) is 4.46. The van der Waals surface area contributed by atoms with Crippen molar-refractivity contribution in [3.8, 4) is 0 Å². The molecule has 1 aromatic rings. The number of rotatable bonds is 2. The molecule has 1 fully saturated rings. The minimum atomic E-state index is -0.302. The van der Waals surface area contributed by atoms with Gasteiger partial charge in [-0.3, -0.25) is 4.79 Å². The molecule has 0 spiro atoms. The zero-order valence-electron chi connectivity index (χ0n) is 11.6. The van der Waals surface area contributed by atoms with Crippen LogP contribution in [0.1, 0.15) is 37.3 Å². The lowest BCUT2D eigenvalue weighted by molar-refractivity contribution is -0.128. The van der Waals surface area contributed by atoms with Gasteiger partial charge in [-0.1, -0.05) is 19.4 Å². The fourth-order valence-electron chi connectivity index (χ4n) is 2.84. The van der Waals surface area contributed by atoms with Crippen LogP contribution in [0.2, 0.25) is 0 Å². The van der Waals surface area contributed by atoms with E-state index in [-0.39, 0.29) is 29.5 Å². The molecule has 1 aliphatic heterocycles. The quantitative estimate of drug-likeness (QED) is 0.881. The Morgan fingerprint density at radius 3 is 2.80 bits per heavy atom. The summed E-state index contributed by atoms with van der Waals surface area (Å²) in [5, 5.41) is 5.99. The van der Waals surface area contributed by atoms with Crippen molar-refractivity contribution in [3.63, 3.8) is 0 Å². The first-order valence-corrected chi connectivity index (χ1v) is 6.93. The van der Waals surface area contributed by atoms with Gasteiger partial charge in [0.2, 0.25) is 5.91 Å². The number of hydrogen-bond acceptors (Lipinski definition) is 2. The molecule has 0 aromatic heterocycles. The summed E-state index contributed by atoms with van der Waals surface area (Å²) in [6, 6.07) is 3.59. The molecular weight excluding hydrogens is 279 g/mol. The second-order valence-electron chi connectivity index (χ2n) is 5.86. The molecular formula is C15H20ClFN2O. The zero-order valence-corrected chi connectivity index (χ0v) is 12.4. The Bertz CT molecular complexity index is 529. The number of hydrogen-bond donors (Lipinski definition) is 2. The predicted octanol–water partition coefficient (Wildman–Crippen LogP) is 3.02. The van der Waals surface area contributed by atoms with Crippen LogP contribution in [0.4, 0.5) is 10.1 Å². The van der Waals surface area contributed by atoms with E-state index in [0.717, 1.165) is 36.9 Å². The lowest BCUT2D eigenvalue weighted by Gasteiger charge is -2.36. The normalized spacial score (nSPS) is 19.3. The monoisotopic (exact) mass is 298 g/mol. The van der Waals surface area contributed by atoms with E-state index in [9.17, 15) is 9.18 Å². The fraction of sp³-hybridized carbons (Fsp3) is 0.533. The summed E-state index contributed by atoms with van der Waals surface area (Å²) in [5.41, 5.74) is 1.77. The third-order valence-corrected chi connectivity index (χ3v) is 4.46. The molecule has 0 saturated heterocycles. The first-order chi connectivity index (χ1) is 9.10. The van der Waals surface area contributed by atoms with Crippen molar-refractivity contribution in [2.75, 3.05) is 11.9 Å². The van der Waals surface area contributed by atoms with Gasteiger partial charge < -0.3 is 10.6 Å². The Hall–Kier alpha value is -1.13. The summed E-state index contributed by atoms with van der Waals surface area (Å²) in [7, 11) is 0. The number of halogens is 2. The van der Waals surface area contributed by atoms with Crippen LogP contribution in [-0.2, 0) is 17.8 Å². The highest BCUT2D eigenvalue weighted by Crippen LogP contribution is 2.41. The second-order valence-corrected chi connectivity index (χ2v) is 5.86. The number of benzene rings is 1. The van der Waals surface area contributed by atoms with Crippen molar-refractivity contribution in [2.45, 2.75) is 39.2 Å². The summed E-state index contributed by atoms with van der Waals surface area (Å²) in [6.45, 7) is 3.45. The maximum Gasteiger partial charge on any atom is 0.230 e. The van der Waals surface area contributed by atoms with Gasteiger partial charge >= 0.3 is 0 Å². The van der Waals surface area contributed by atoms with Crippen molar-refractivity contribution >= 4 is 24.0 Å². The predicted molar refractivity (Wildman–Crippen MR) is 79.6 cm³/mol. The molecule has 0 bridgehead atoms. The highest BCUT2D eigenvalue weighted by Gasteiger charge is 2.39. The average molecular weight is 299 g/mol. The van der Waals surface area contributed by atoms with Crippen molar-refractivity contribution < 1.29 is 9.18 Å². The van der Waals surface area contributed by atoms with E-state index in [1.165, 1.54) is 0 Å². The number of anilines is 1. The highest BCUT2D eigenvalue weighted by atomic mass is 35.5. The molecule has 0 atom stereocenters. The van der Waals surface area contributed by atoms with Crippen LogP contribution in [0.3, 0.4) is 0 Å². The lowest BCUT2D eigenvalue weighted by atomic mass is 9.70. The molecule has 0 radical (unpaired) electrons. The van der Waals surface area contributed by atoms with Gasteiger partial charge in [-0.2, -0.15) is 0 Å². The van der Waals surface area contributed by atoms with Crippen molar-refractivity contribution in [3.05, 3.63) is 29.1 Å². The van der Waals surface area contributed by atoms with Crippen LogP contribution >= 0.6 is 12.4 Å². The zero-order chi connectivity index (χ0) is 13.5. The largest absolute Gasteiger partial charge is 0.323 e. The SMILES string of the molecule is CC1(C(=O)Nc2ccc3c(c2F)CCNC3)CCC1.Cl. The summed E-state index contributed by atoms with van der Waals surface area (Å²) in [5.74, 6) is -0.304. The van der Waals surface area contributed by atoms with E-state index in [4.69, 9.17) is 0 Å². The number of carbonyl (C=O) groups is 1. The number of amides is 1. The molecule has 1 heterocycles. The number of fused-ring (bicyclic) bond motifs is 1. The minimum absolute atomic E-state index is 0. The number of carbonyl (C=O) groups excluding carboxylic acids is 1. The van der Waals surface area contributed by atoms with E-state index in [0.29, 0.717) is 18.7 Å². The summed E-state index contributed by atoms with van der Waals surface area (Å²) in [4.78, 5) is 12.1. The molecule has 3 nitrogen and oxygen atoms in total. The Labute approximate surface area is 124 Å². The van der Waals surface area contributed by atoms with E-state index in [1.54, 1.807) is 6.07 Å².